The normalized spacial score (nSPS) is 19.9. The molecule has 1 unspecified atom stereocenters. The topological polar surface area (TPSA) is 56.6 Å². The lowest BCUT2D eigenvalue weighted by Gasteiger charge is -2.35. The zero-order valence-electron chi connectivity index (χ0n) is 13.6. The van der Waals surface area contributed by atoms with E-state index in [9.17, 15) is 4.79 Å². The van der Waals surface area contributed by atoms with Crippen molar-refractivity contribution >= 4 is 5.91 Å². The van der Waals surface area contributed by atoms with E-state index in [1.54, 1.807) is 31.2 Å². The molecule has 2 fully saturated rings. The Labute approximate surface area is 137 Å². The first-order valence-electron chi connectivity index (χ1n) is 8.33. The van der Waals surface area contributed by atoms with Gasteiger partial charge in [-0.05, 0) is 43.9 Å². The molecule has 1 aromatic rings. The molecule has 1 amide bonds. The van der Waals surface area contributed by atoms with Crippen LogP contribution in [0.2, 0.25) is 0 Å². The van der Waals surface area contributed by atoms with Gasteiger partial charge in [-0.15, -0.1) is 0 Å². The fourth-order valence-electron chi connectivity index (χ4n) is 2.97. The molecule has 1 aliphatic carbocycles. The lowest BCUT2D eigenvalue weighted by atomic mass is 10.2. The Bertz CT molecular complexity index is 599. The van der Waals surface area contributed by atoms with E-state index in [0.717, 1.165) is 32.1 Å². The molecule has 1 aliphatic heterocycles. The first-order chi connectivity index (χ1) is 11.2. The summed E-state index contributed by atoms with van der Waals surface area (Å²) < 4.78 is 5.72. The third kappa shape index (κ3) is 4.23. The number of hydrogen-bond donors (Lipinski definition) is 0. The van der Waals surface area contributed by atoms with Crippen LogP contribution in [0.1, 0.15) is 25.3 Å². The van der Waals surface area contributed by atoms with Gasteiger partial charge in [-0.3, -0.25) is 9.69 Å². The number of nitriles is 1. The Balaban J connectivity index is 1.50. The minimum Gasteiger partial charge on any atom is -0.481 e. The van der Waals surface area contributed by atoms with E-state index >= 15 is 0 Å². The van der Waals surface area contributed by atoms with Crippen LogP contribution in [0.25, 0.3) is 0 Å². The van der Waals surface area contributed by atoms with Crippen molar-refractivity contribution in [2.75, 3.05) is 32.7 Å². The highest BCUT2D eigenvalue weighted by Crippen LogP contribution is 2.30. The first-order valence-corrected chi connectivity index (χ1v) is 8.33. The Morgan fingerprint density at radius 3 is 2.74 bits per heavy atom. The average molecular weight is 313 g/mol. The highest BCUT2D eigenvalue weighted by molar-refractivity contribution is 5.81. The number of carbonyl (C=O) groups excluding carboxylic acids is 1. The highest BCUT2D eigenvalue weighted by Gasteiger charge is 2.29. The third-order valence-electron chi connectivity index (χ3n) is 4.52. The summed E-state index contributed by atoms with van der Waals surface area (Å²) in [5.41, 5.74) is 0.538. The summed E-state index contributed by atoms with van der Waals surface area (Å²) in [7, 11) is 0. The molecule has 5 heteroatoms. The second kappa shape index (κ2) is 7.01. The van der Waals surface area contributed by atoms with Gasteiger partial charge >= 0.3 is 0 Å². The van der Waals surface area contributed by atoms with Gasteiger partial charge in [0.1, 0.15) is 5.75 Å². The molecule has 1 heterocycles. The molecule has 2 aliphatic rings. The SMILES string of the molecule is CC(Oc1cccc(C#N)c1)C(=O)N1CCN(CC2CC2)CC1. The zero-order chi connectivity index (χ0) is 16.2. The van der Waals surface area contributed by atoms with E-state index in [1.165, 1.54) is 19.4 Å². The van der Waals surface area contributed by atoms with Gasteiger partial charge in [0.05, 0.1) is 11.6 Å². The Morgan fingerprint density at radius 1 is 1.35 bits per heavy atom. The minimum atomic E-state index is -0.529. The van der Waals surface area contributed by atoms with Crippen molar-refractivity contribution in [2.45, 2.75) is 25.9 Å². The molecule has 0 radical (unpaired) electrons. The van der Waals surface area contributed by atoms with E-state index in [-0.39, 0.29) is 5.91 Å². The Hall–Kier alpha value is -2.06. The Kier molecular flexibility index (Phi) is 4.82. The molecular weight excluding hydrogens is 290 g/mol. The van der Waals surface area contributed by atoms with E-state index in [1.807, 2.05) is 4.90 Å². The maximum Gasteiger partial charge on any atom is 0.263 e. The standard InChI is InChI=1S/C18H23N3O2/c1-14(23-17-4-2-3-16(11-17)12-19)18(22)21-9-7-20(8-10-21)13-15-5-6-15/h2-4,11,14-15H,5-10,13H2,1H3. The van der Waals surface area contributed by atoms with Crippen molar-refractivity contribution in [1.82, 2.24) is 9.80 Å². The molecule has 0 N–H and O–H groups in total. The second-order valence-electron chi connectivity index (χ2n) is 6.47. The van der Waals surface area contributed by atoms with Gasteiger partial charge in [-0.1, -0.05) is 6.07 Å². The smallest absolute Gasteiger partial charge is 0.263 e. The molecule has 1 atom stereocenters. The lowest BCUT2D eigenvalue weighted by molar-refractivity contribution is -0.139. The van der Waals surface area contributed by atoms with Gasteiger partial charge in [0.25, 0.3) is 5.91 Å². The fourth-order valence-corrected chi connectivity index (χ4v) is 2.97. The molecule has 0 aromatic heterocycles. The van der Waals surface area contributed by atoms with Gasteiger partial charge in [0.2, 0.25) is 0 Å². The first kappa shape index (κ1) is 15.8. The van der Waals surface area contributed by atoms with Crippen LogP contribution in [0.4, 0.5) is 0 Å². The number of benzene rings is 1. The third-order valence-corrected chi connectivity index (χ3v) is 4.52. The lowest BCUT2D eigenvalue weighted by Crippen LogP contribution is -2.52. The van der Waals surface area contributed by atoms with Crippen LogP contribution >= 0.6 is 0 Å². The van der Waals surface area contributed by atoms with Crippen LogP contribution in [0.5, 0.6) is 5.75 Å². The van der Waals surface area contributed by atoms with Crippen LogP contribution in [-0.2, 0) is 4.79 Å². The van der Waals surface area contributed by atoms with E-state index in [0.29, 0.717) is 11.3 Å². The van der Waals surface area contributed by atoms with Crippen molar-refractivity contribution in [3.63, 3.8) is 0 Å². The number of hydrogen-bond acceptors (Lipinski definition) is 4. The van der Waals surface area contributed by atoms with E-state index in [4.69, 9.17) is 10.00 Å². The molecule has 5 nitrogen and oxygen atoms in total. The summed E-state index contributed by atoms with van der Waals surface area (Å²) >= 11 is 0. The molecule has 0 bridgehead atoms. The number of carbonyl (C=O) groups is 1. The molecule has 1 saturated carbocycles. The predicted octanol–water partition coefficient (Wildman–Crippen LogP) is 1.88. The summed E-state index contributed by atoms with van der Waals surface area (Å²) in [6.07, 6.45) is 2.20. The largest absolute Gasteiger partial charge is 0.481 e. The number of rotatable bonds is 5. The fraction of sp³-hybridized carbons (Fsp3) is 0.556. The monoisotopic (exact) mass is 313 g/mol. The summed E-state index contributed by atoms with van der Waals surface area (Å²) in [6, 6.07) is 9.00. The predicted molar refractivity (Wildman–Crippen MR) is 87.0 cm³/mol. The van der Waals surface area contributed by atoms with Crippen LogP contribution < -0.4 is 4.74 Å². The van der Waals surface area contributed by atoms with Gasteiger partial charge in [-0.2, -0.15) is 5.26 Å². The highest BCUT2D eigenvalue weighted by atomic mass is 16.5. The molecule has 1 aromatic carbocycles. The number of ether oxygens (including phenoxy) is 1. The van der Waals surface area contributed by atoms with Gasteiger partial charge < -0.3 is 9.64 Å². The van der Waals surface area contributed by atoms with Crippen molar-refractivity contribution in [3.05, 3.63) is 29.8 Å². The van der Waals surface area contributed by atoms with Crippen LogP contribution in [0.15, 0.2) is 24.3 Å². The van der Waals surface area contributed by atoms with E-state index < -0.39 is 6.10 Å². The quantitative estimate of drug-likeness (QED) is 0.833. The Morgan fingerprint density at radius 2 is 2.09 bits per heavy atom. The number of piperazine rings is 1. The van der Waals surface area contributed by atoms with E-state index in [2.05, 4.69) is 11.0 Å². The van der Waals surface area contributed by atoms with Gasteiger partial charge in [0, 0.05) is 32.7 Å². The molecule has 3 rings (SSSR count). The molecular formula is C18H23N3O2. The second-order valence-corrected chi connectivity index (χ2v) is 6.47. The molecule has 122 valence electrons. The maximum atomic E-state index is 12.5. The van der Waals surface area contributed by atoms with Crippen LogP contribution in [0.3, 0.4) is 0 Å². The number of amides is 1. The van der Waals surface area contributed by atoms with Crippen molar-refractivity contribution in [3.8, 4) is 11.8 Å². The molecule has 0 spiro atoms. The minimum absolute atomic E-state index is 0.0263. The van der Waals surface area contributed by atoms with Crippen LogP contribution in [0, 0.1) is 17.2 Å². The summed E-state index contributed by atoms with van der Waals surface area (Å²) in [5.74, 6) is 1.49. The average Bonchev–Trinajstić information content (AvgIpc) is 3.39. The zero-order valence-corrected chi connectivity index (χ0v) is 13.6. The molecule has 1 saturated heterocycles. The van der Waals surface area contributed by atoms with Gasteiger partial charge in [-0.25, -0.2) is 0 Å². The number of nitrogens with zero attached hydrogens (tertiary/aromatic N) is 3. The van der Waals surface area contributed by atoms with Crippen molar-refractivity contribution in [2.24, 2.45) is 5.92 Å². The molecule has 23 heavy (non-hydrogen) atoms. The van der Waals surface area contributed by atoms with Gasteiger partial charge in [0.15, 0.2) is 6.10 Å². The maximum absolute atomic E-state index is 12.5. The summed E-state index contributed by atoms with van der Waals surface area (Å²) in [5, 5.41) is 8.92. The summed E-state index contributed by atoms with van der Waals surface area (Å²) in [4.78, 5) is 16.9. The van der Waals surface area contributed by atoms with Crippen LogP contribution in [-0.4, -0.2) is 54.5 Å². The van der Waals surface area contributed by atoms with Crippen molar-refractivity contribution in [1.29, 1.82) is 5.26 Å². The summed E-state index contributed by atoms with van der Waals surface area (Å²) in [6.45, 7) is 6.43. The van der Waals surface area contributed by atoms with Crippen molar-refractivity contribution < 1.29 is 9.53 Å².